The highest BCUT2D eigenvalue weighted by molar-refractivity contribution is 5.91. The summed E-state index contributed by atoms with van der Waals surface area (Å²) in [6.07, 6.45) is 3.18. The number of carboxylic acids is 1. The maximum absolute atomic E-state index is 11.1. The Balaban J connectivity index is 1.64. The fraction of sp³-hybridized carbons (Fsp3) is 0.136. The molecule has 0 radical (unpaired) electrons. The van der Waals surface area contributed by atoms with Crippen LogP contribution in [0.5, 0.6) is 5.75 Å². The molecular formula is C22H19NO5. The van der Waals surface area contributed by atoms with Crippen LogP contribution in [-0.4, -0.2) is 11.1 Å². The number of carboxylic acid groups (broad SMARTS) is 1. The van der Waals surface area contributed by atoms with Crippen molar-refractivity contribution in [2.75, 3.05) is 0 Å². The van der Waals surface area contributed by atoms with E-state index in [0.29, 0.717) is 23.6 Å². The average molecular weight is 377 g/mol. The Morgan fingerprint density at radius 1 is 1.07 bits per heavy atom. The van der Waals surface area contributed by atoms with Crippen LogP contribution in [0.3, 0.4) is 0 Å². The zero-order valence-electron chi connectivity index (χ0n) is 15.1. The van der Waals surface area contributed by atoms with Gasteiger partial charge in [-0.2, -0.15) is 0 Å². The van der Waals surface area contributed by atoms with Crippen LogP contribution in [-0.2, 0) is 24.4 Å². The third-order valence-electron chi connectivity index (χ3n) is 4.47. The lowest BCUT2D eigenvalue weighted by Crippen LogP contribution is -2.04. The molecule has 0 aliphatic rings. The highest BCUT2D eigenvalue weighted by Crippen LogP contribution is 2.33. The number of carbonyl (C=O) groups is 1. The first-order chi connectivity index (χ1) is 13.6. The SMILES string of the molecule is NCc1coc(-c2cc(COc3ccccc3CC(=O)O)cc3ccoc23)c1. The van der Waals surface area contributed by atoms with Gasteiger partial charge in [-0.25, -0.2) is 0 Å². The Hall–Kier alpha value is -3.51. The van der Waals surface area contributed by atoms with Gasteiger partial charge < -0.3 is 24.4 Å². The molecule has 0 amide bonds. The third-order valence-corrected chi connectivity index (χ3v) is 4.47. The van der Waals surface area contributed by atoms with E-state index in [1.807, 2.05) is 30.3 Å². The Morgan fingerprint density at radius 3 is 2.71 bits per heavy atom. The van der Waals surface area contributed by atoms with E-state index in [4.69, 9.17) is 24.4 Å². The topological polar surface area (TPSA) is 98.8 Å². The summed E-state index contributed by atoms with van der Waals surface area (Å²) in [7, 11) is 0. The largest absolute Gasteiger partial charge is 0.489 e. The zero-order chi connectivity index (χ0) is 19.5. The van der Waals surface area contributed by atoms with E-state index in [2.05, 4.69) is 0 Å². The van der Waals surface area contributed by atoms with Gasteiger partial charge in [0.1, 0.15) is 23.7 Å². The molecule has 0 atom stereocenters. The van der Waals surface area contributed by atoms with Crippen molar-refractivity contribution in [2.24, 2.45) is 5.73 Å². The number of nitrogens with two attached hydrogens (primary N) is 1. The summed E-state index contributed by atoms with van der Waals surface area (Å²) in [4.78, 5) is 11.1. The van der Waals surface area contributed by atoms with Crippen molar-refractivity contribution in [3.8, 4) is 17.1 Å². The fourth-order valence-electron chi connectivity index (χ4n) is 3.15. The molecule has 0 bridgehead atoms. The Bertz CT molecular complexity index is 1120. The Morgan fingerprint density at radius 2 is 1.93 bits per heavy atom. The maximum atomic E-state index is 11.1. The minimum Gasteiger partial charge on any atom is -0.489 e. The van der Waals surface area contributed by atoms with Crippen molar-refractivity contribution in [1.29, 1.82) is 0 Å². The number of furan rings is 2. The highest BCUT2D eigenvalue weighted by Gasteiger charge is 2.14. The second kappa shape index (κ2) is 7.62. The fourth-order valence-corrected chi connectivity index (χ4v) is 3.15. The molecule has 2 heterocycles. The molecule has 0 saturated carbocycles. The summed E-state index contributed by atoms with van der Waals surface area (Å²) in [6.45, 7) is 0.684. The zero-order valence-corrected chi connectivity index (χ0v) is 15.1. The molecule has 0 saturated heterocycles. The average Bonchev–Trinajstić information content (AvgIpc) is 3.35. The number of para-hydroxylation sites is 1. The van der Waals surface area contributed by atoms with Crippen molar-refractivity contribution in [3.05, 3.63) is 77.7 Å². The van der Waals surface area contributed by atoms with Crippen LogP contribution in [0.4, 0.5) is 0 Å². The van der Waals surface area contributed by atoms with Gasteiger partial charge in [0.15, 0.2) is 0 Å². The number of ether oxygens (including phenoxy) is 1. The van der Waals surface area contributed by atoms with E-state index in [-0.39, 0.29) is 13.0 Å². The number of aliphatic carboxylic acids is 1. The molecule has 0 fully saturated rings. The van der Waals surface area contributed by atoms with Crippen molar-refractivity contribution in [3.63, 3.8) is 0 Å². The monoisotopic (exact) mass is 377 g/mol. The number of hydrogen-bond donors (Lipinski definition) is 2. The van der Waals surface area contributed by atoms with Crippen LogP contribution >= 0.6 is 0 Å². The molecule has 6 nitrogen and oxygen atoms in total. The minimum atomic E-state index is -0.897. The van der Waals surface area contributed by atoms with Crippen LogP contribution < -0.4 is 10.5 Å². The van der Waals surface area contributed by atoms with Crippen LogP contribution in [0.15, 0.2) is 69.9 Å². The van der Waals surface area contributed by atoms with Crippen molar-refractivity contribution < 1.29 is 23.5 Å². The minimum absolute atomic E-state index is 0.0869. The molecule has 0 spiro atoms. The molecule has 142 valence electrons. The van der Waals surface area contributed by atoms with Gasteiger partial charge in [0.2, 0.25) is 0 Å². The molecule has 2 aromatic carbocycles. The van der Waals surface area contributed by atoms with Gasteiger partial charge in [-0.3, -0.25) is 4.79 Å². The van der Waals surface area contributed by atoms with E-state index in [9.17, 15) is 4.79 Å². The summed E-state index contributed by atoms with van der Waals surface area (Å²) >= 11 is 0. The van der Waals surface area contributed by atoms with E-state index in [1.165, 1.54) is 0 Å². The smallest absolute Gasteiger partial charge is 0.307 e. The third kappa shape index (κ3) is 3.63. The summed E-state index contributed by atoms with van der Waals surface area (Å²) in [5, 5.41) is 10.0. The molecule has 0 aliphatic heterocycles. The first-order valence-electron chi connectivity index (χ1n) is 8.84. The van der Waals surface area contributed by atoms with E-state index in [0.717, 1.165) is 27.7 Å². The van der Waals surface area contributed by atoms with E-state index in [1.54, 1.807) is 30.7 Å². The summed E-state index contributed by atoms with van der Waals surface area (Å²) in [5.41, 5.74) is 9.68. The maximum Gasteiger partial charge on any atom is 0.307 e. The summed E-state index contributed by atoms with van der Waals surface area (Å²) < 4.78 is 17.2. The standard InChI is InChI=1S/C22H19NO5/c23-11-15-9-20(28-13-15)18-8-14(7-17-5-6-26-22(17)18)12-27-19-4-2-1-3-16(19)10-21(24)25/h1-9,13H,10-12,23H2,(H,24,25). The molecule has 4 aromatic rings. The molecule has 2 aromatic heterocycles. The van der Waals surface area contributed by atoms with Gasteiger partial charge in [0, 0.05) is 23.1 Å². The van der Waals surface area contributed by atoms with Crippen molar-refractivity contribution >= 4 is 16.9 Å². The van der Waals surface area contributed by atoms with Crippen LogP contribution in [0.1, 0.15) is 16.7 Å². The van der Waals surface area contributed by atoms with Gasteiger partial charge in [-0.05, 0) is 35.9 Å². The molecule has 3 N–H and O–H groups in total. The number of rotatable bonds is 7. The van der Waals surface area contributed by atoms with Gasteiger partial charge in [-0.1, -0.05) is 18.2 Å². The predicted molar refractivity (Wildman–Crippen MR) is 104 cm³/mol. The second-order valence-corrected chi connectivity index (χ2v) is 6.47. The van der Waals surface area contributed by atoms with Crippen LogP contribution in [0, 0.1) is 0 Å². The van der Waals surface area contributed by atoms with Gasteiger partial charge in [0.05, 0.1) is 24.5 Å². The van der Waals surface area contributed by atoms with Crippen LogP contribution in [0.2, 0.25) is 0 Å². The van der Waals surface area contributed by atoms with Gasteiger partial charge in [0.25, 0.3) is 0 Å². The molecular weight excluding hydrogens is 358 g/mol. The van der Waals surface area contributed by atoms with E-state index < -0.39 is 5.97 Å². The normalized spacial score (nSPS) is 11.0. The number of hydrogen-bond acceptors (Lipinski definition) is 5. The van der Waals surface area contributed by atoms with E-state index >= 15 is 0 Å². The highest BCUT2D eigenvalue weighted by atomic mass is 16.5. The molecule has 0 aliphatic carbocycles. The summed E-state index contributed by atoms with van der Waals surface area (Å²) in [5.74, 6) is 0.336. The lowest BCUT2D eigenvalue weighted by Gasteiger charge is -2.11. The first-order valence-corrected chi connectivity index (χ1v) is 8.84. The van der Waals surface area contributed by atoms with Crippen molar-refractivity contribution in [2.45, 2.75) is 19.6 Å². The molecule has 6 heteroatoms. The Labute approximate surface area is 161 Å². The summed E-state index contributed by atoms with van der Waals surface area (Å²) in [6, 6.07) is 14.9. The Kier molecular flexibility index (Phi) is 4.87. The molecule has 28 heavy (non-hydrogen) atoms. The van der Waals surface area contributed by atoms with Gasteiger partial charge >= 0.3 is 5.97 Å². The first kappa shape index (κ1) is 17.9. The van der Waals surface area contributed by atoms with Crippen molar-refractivity contribution in [1.82, 2.24) is 0 Å². The predicted octanol–water partition coefficient (Wildman–Crippen LogP) is 4.36. The quantitative estimate of drug-likeness (QED) is 0.496. The molecule has 0 unspecified atom stereocenters. The molecule has 4 rings (SSSR count). The number of benzene rings is 2. The lowest BCUT2D eigenvalue weighted by atomic mass is 10.0. The van der Waals surface area contributed by atoms with Crippen LogP contribution in [0.25, 0.3) is 22.3 Å². The number of fused-ring (bicyclic) bond motifs is 1. The lowest BCUT2D eigenvalue weighted by molar-refractivity contribution is -0.136. The second-order valence-electron chi connectivity index (χ2n) is 6.47. The van der Waals surface area contributed by atoms with Gasteiger partial charge in [-0.15, -0.1) is 0 Å².